The largest absolute Gasteiger partial charge is 0.573 e. The van der Waals surface area contributed by atoms with Crippen molar-refractivity contribution in [3.05, 3.63) is 71.8 Å². The van der Waals surface area contributed by atoms with E-state index in [1.165, 1.54) is 61.7 Å². The highest BCUT2D eigenvalue weighted by Crippen LogP contribution is 2.36. The number of amides is 1. The molecule has 0 heterocycles. The number of sulfonamides is 1. The first-order valence-electron chi connectivity index (χ1n) is 9.49. The summed E-state index contributed by atoms with van der Waals surface area (Å²) in [7, 11) is -2.78. The Hall–Kier alpha value is -3.28. The Balaban J connectivity index is 1.92. The summed E-state index contributed by atoms with van der Waals surface area (Å²) in [6.45, 7) is 0. The second-order valence-corrected chi connectivity index (χ2v) is 8.71. The first-order valence-corrected chi connectivity index (χ1v) is 11.6. The summed E-state index contributed by atoms with van der Waals surface area (Å²) in [6, 6.07) is 13.7. The smallest absolute Gasteiger partial charge is 0.495 e. The fourth-order valence-electron chi connectivity index (χ4n) is 3.19. The normalized spacial score (nSPS) is 11.7. The number of alkyl halides is 4. The van der Waals surface area contributed by atoms with Gasteiger partial charge >= 0.3 is 6.36 Å². The highest BCUT2D eigenvalue weighted by molar-refractivity contribution is 7.89. The number of nitrogens with two attached hydrogens (primary N) is 1. The van der Waals surface area contributed by atoms with Gasteiger partial charge in [0, 0.05) is 28.8 Å². The topological polar surface area (TPSA) is 108 Å². The Morgan fingerprint density at radius 2 is 1.74 bits per heavy atom. The molecular weight excluding hydrogens is 497 g/mol. The van der Waals surface area contributed by atoms with Crippen molar-refractivity contribution in [2.24, 2.45) is 5.14 Å². The van der Waals surface area contributed by atoms with E-state index in [0.717, 1.165) is 0 Å². The maximum atomic E-state index is 12.8. The minimum atomic E-state index is -4.88. The first kappa shape index (κ1) is 25.3. The number of primary sulfonamides is 1. The van der Waals surface area contributed by atoms with Gasteiger partial charge in [0.05, 0.1) is 7.11 Å². The first-order chi connectivity index (χ1) is 15.9. The van der Waals surface area contributed by atoms with Crippen molar-refractivity contribution in [1.82, 2.24) is 0 Å². The molecular formula is C22H18ClF3N2O5S. The summed E-state index contributed by atoms with van der Waals surface area (Å²) in [5, 5.41) is 7.73. The summed E-state index contributed by atoms with van der Waals surface area (Å²) >= 11 is 6.02. The molecule has 0 aliphatic rings. The number of methoxy groups -OCH3 is 1. The maximum Gasteiger partial charge on any atom is 0.573 e. The van der Waals surface area contributed by atoms with Crippen LogP contribution >= 0.6 is 11.6 Å². The van der Waals surface area contributed by atoms with Gasteiger partial charge in [-0.25, -0.2) is 13.6 Å². The fraction of sp³-hybridized carbons (Fsp3) is 0.136. The lowest BCUT2D eigenvalue weighted by molar-refractivity contribution is -0.274. The molecule has 3 aromatic carbocycles. The molecule has 0 saturated carbocycles. The van der Waals surface area contributed by atoms with Crippen molar-refractivity contribution >= 4 is 33.2 Å². The zero-order valence-corrected chi connectivity index (χ0v) is 19.1. The monoisotopic (exact) mass is 514 g/mol. The third-order valence-corrected chi connectivity index (χ3v) is 5.88. The van der Waals surface area contributed by atoms with E-state index < -0.39 is 28.0 Å². The Morgan fingerprint density at radius 3 is 2.35 bits per heavy atom. The molecule has 180 valence electrons. The van der Waals surface area contributed by atoms with Gasteiger partial charge in [0.2, 0.25) is 10.0 Å². The van der Waals surface area contributed by atoms with Crippen molar-refractivity contribution in [3.63, 3.8) is 0 Å². The van der Waals surface area contributed by atoms with Gasteiger partial charge < -0.3 is 14.8 Å². The third-order valence-electron chi connectivity index (χ3n) is 4.64. The van der Waals surface area contributed by atoms with E-state index in [0.29, 0.717) is 11.1 Å². The summed E-state index contributed by atoms with van der Waals surface area (Å²) in [5.74, 6) is -1.12. The Morgan fingerprint density at radius 1 is 1.03 bits per heavy atom. The molecule has 3 N–H and O–H groups in total. The number of ether oxygens (including phenoxy) is 2. The van der Waals surface area contributed by atoms with Gasteiger partial charge in [-0.2, -0.15) is 0 Å². The highest BCUT2D eigenvalue weighted by atomic mass is 35.5. The average molecular weight is 515 g/mol. The predicted molar refractivity (Wildman–Crippen MR) is 120 cm³/mol. The Bertz CT molecular complexity index is 1330. The molecule has 0 spiro atoms. The fourth-order valence-corrected chi connectivity index (χ4v) is 4.10. The molecule has 0 saturated heterocycles. The number of halogens is 4. The van der Waals surface area contributed by atoms with Gasteiger partial charge in [0.25, 0.3) is 5.91 Å². The number of para-hydroxylation sites is 1. The Kier molecular flexibility index (Phi) is 7.39. The number of carbonyl (C=O) groups excluding carboxylic acids is 1. The Labute approximate surface area is 198 Å². The molecule has 3 aromatic rings. The predicted octanol–water partition coefficient (Wildman–Crippen LogP) is 4.90. The van der Waals surface area contributed by atoms with Crippen LogP contribution in [-0.2, 0) is 15.9 Å². The van der Waals surface area contributed by atoms with Crippen molar-refractivity contribution < 1.29 is 35.9 Å². The van der Waals surface area contributed by atoms with Crippen molar-refractivity contribution in [1.29, 1.82) is 0 Å². The van der Waals surface area contributed by atoms with E-state index in [9.17, 15) is 26.4 Å². The molecule has 3 rings (SSSR count). The van der Waals surface area contributed by atoms with E-state index in [2.05, 4.69) is 10.1 Å². The molecule has 0 aromatic heterocycles. The van der Waals surface area contributed by atoms with Crippen molar-refractivity contribution in [2.75, 3.05) is 12.4 Å². The van der Waals surface area contributed by atoms with E-state index >= 15 is 0 Å². The standard InChI is InChI=1S/C22H18ClF3N2O5S/c1-32-19-11-15(7-9-20(19)34(27,30)31)28-21(29)13-6-8-16(14(10-13)12-23)17-4-2-3-5-18(17)33-22(24,25)26/h2-11H,12H2,1H3,(H,28,29)(H2,27,30,31). The number of anilines is 1. The van der Waals surface area contributed by atoms with Crippen molar-refractivity contribution in [2.45, 2.75) is 17.1 Å². The summed E-state index contributed by atoms with van der Waals surface area (Å²) in [5.41, 5.74) is 1.32. The van der Waals surface area contributed by atoms with Gasteiger partial charge in [-0.05, 0) is 41.5 Å². The van der Waals surface area contributed by atoms with Crippen LogP contribution < -0.4 is 19.9 Å². The van der Waals surface area contributed by atoms with Crippen LogP contribution in [0, 0.1) is 0 Å². The number of rotatable bonds is 7. The minimum absolute atomic E-state index is 0.0571. The lowest BCUT2D eigenvalue weighted by Crippen LogP contribution is -2.17. The number of hydrogen-bond donors (Lipinski definition) is 2. The second-order valence-electron chi connectivity index (χ2n) is 6.91. The van der Waals surface area contributed by atoms with Crippen LogP contribution in [0.3, 0.4) is 0 Å². The van der Waals surface area contributed by atoms with E-state index in [1.807, 2.05) is 0 Å². The zero-order chi connectivity index (χ0) is 25.1. The molecule has 34 heavy (non-hydrogen) atoms. The summed E-state index contributed by atoms with van der Waals surface area (Å²) < 4.78 is 70.7. The molecule has 0 radical (unpaired) electrons. The highest BCUT2D eigenvalue weighted by Gasteiger charge is 2.32. The van der Waals surface area contributed by atoms with Crippen LogP contribution in [-0.4, -0.2) is 27.8 Å². The zero-order valence-electron chi connectivity index (χ0n) is 17.5. The van der Waals surface area contributed by atoms with Crippen molar-refractivity contribution in [3.8, 4) is 22.6 Å². The lowest BCUT2D eigenvalue weighted by Gasteiger charge is -2.16. The number of carbonyl (C=O) groups is 1. The molecule has 0 aliphatic carbocycles. The summed E-state index contributed by atoms with van der Waals surface area (Å²) in [6.07, 6.45) is -4.88. The number of hydrogen-bond acceptors (Lipinski definition) is 5. The van der Waals surface area contributed by atoms with Gasteiger partial charge in [-0.3, -0.25) is 4.79 Å². The van der Waals surface area contributed by atoms with Crippen LogP contribution in [0.4, 0.5) is 18.9 Å². The van der Waals surface area contributed by atoms with Crippen LogP contribution in [0.1, 0.15) is 15.9 Å². The van der Waals surface area contributed by atoms with Gasteiger partial charge in [0.1, 0.15) is 16.4 Å². The van der Waals surface area contributed by atoms with E-state index in [1.54, 1.807) is 6.07 Å². The lowest BCUT2D eigenvalue weighted by atomic mass is 9.97. The van der Waals surface area contributed by atoms with Crippen LogP contribution in [0.2, 0.25) is 0 Å². The van der Waals surface area contributed by atoms with Crippen LogP contribution in [0.25, 0.3) is 11.1 Å². The number of nitrogens with one attached hydrogen (secondary N) is 1. The quantitative estimate of drug-likeness (QED) is 0.436. The van der Waals surface area contributed by atoms with Gasteiger partial charge in [0.15, 0.2) is 0 Å². The van der Waals surface area contributed by atoms with E-state index in [-0.39, 0.29) is 33.3 Å². The third kappa shape index (κ3) is 5.99. The molecule has 0 fully saturated rings. The molecule has 1 amide bonds. The average Bonchev–Trinajstić information content (AvgIpc) is 2.77. The van der Waals surface area contributed by atoms with Crippen LogP contribution in [0.15, 0.2) is 65.6 Å². The molecule has 7 nitrogen and oxygen atoms in total. The molecule has 0 unspecified atom stereocenters. The second kappa shape index (κ2) is 9.92. The van der Waals surface area contributed by atoms with Gasteiger partial charge in [-0.15, -0.1) is 24.8 Å². The molecule has 0 bridgehead atoms. The van der Waals surface area contributed by atoms with E-state index in [4.69, 9.17) is 21.5 Å². The summed E-state index contributed by atoms with van der Waals surface area (Å²) in [4.78, 5) is 12.5. The molecule has 12 heteroatoms. The molecule has 0 aliphatic heterocycles. The minimum Gasteiger partial charge on any atom is -0.495 e. The molecule has 0 atom stereocenters. The maximum absolute atomic E-state index is 12.8. The number of benzene rings is 3. The van der Waals surface area contributed by atoms with Crippen LogP contribution in [0.5, 0.6) is 11.5 Å². The van der Waals surface area contributed by atoms with Gasteiger partial charge in [-0.1, -0.05) is 24.3 Å². The SMILES string of the molecule is COc1cc(NC(=O)c2ccc(-c3ccccc3OC(F)(F)F)c(CCl)c2)ccc1S(N)(=O)=O.